The number of benzene rings is 2. The van der Waals surface area contributed by atoms with Gasteiger partial charge in [0.25, 0.3) is 0 Å². The van der Waals surface area contributed by atoms with E-state index in [-0.39, 0.29) is 76.1 Å². The first kappa shape index (κ1) is 48.5. The number of ether oxygens (including phenoxy) is 8. The van der Waals surface area contributed by atoms with Gasteiger partial charge in [0, 0.05) is 50.1 Å². The molecule has 2 heterocycles. The third-order valence-electron chi connectivity index (χ3n) is 12.4. The van der Waals surface area contributed by atoms with Crippen molar-refractivity contribution in [2.75, 3.05) is 79.4 Å². The van der Waals surface area contributed by atoms with E-state index in [9.17, 15) is 24.9 Å². The monoisotopic (exact) mass is 895 g/mol. The molecule has 2 aromatic rings. The Bertz CT molecular complexity index is 1920. The lowest BCUT2D eigenvalue weighted by molar-refractivity contribution is -0.256. The van der Waals surface area contributed by atoms with E-state index < -0.39 is 36.2 Å². The second-order valence-electron chi connectivity index (χ2n) is 16.3. The van der Waals surface area contributed by atoms with E-state index in [1.165, 1.54) is 26.2 Å². The third kappa shape index (κ3) is 11.3. The van der Waals surface area contributed by atoms with Crippen molar-refractivity contribution in [2.24, 2.45) is 22.9 Å². The molecule has 2 amide bonds. The van der Waals surface area contributed by atoms with Gasteiger partial charge in [-0.2, -0.15) is 0 Å². The number of carbonyl (C=O) groups is 2. The highest BCUT2D eigenvalue weighted by Crippen LogP contribution is 2.62. The van der Waals surface area contributed by atoms with E-state index in [1.54, 1.807) is 36.4 Å². The minimum atomic E-state index is -1.56. The van der Waals surface area contributed by atoms with Crippen LogP contribution in [0.3, 0.4) is 0 Å². The molecule has 7 unspecified atom stereocenters. The number of unbranched alkanes of at least 4 members (excludes halogenated alkanes) is 2. The van der Waals surface area contributed by atoms with E-state index in [0.29, 0.717) is 67.4 Å². The predicted octanol–water partition coefficient (Wildman–Crippen LogP) is 6.55. The van der Waals surface area contributed by atoms with Gasteiger partial charge < -0.3 is 58.1 Å². The summed E-state index contributed by atoms with van der Waals surface area (Å²) in [5.74, 6) is -1.02. The summed E-state index contributed by atoms with van der Waals surface area (Å²) in [6.45, 7) is 4.70. The normalized spacial score (nSPS) is 25.2. The van der Waals surface area contributed by atoms with Gasteiger partial charge in [-0.05, 0) is 86.3 Å². The molecule has 352 valence electrons. The van der Waals surface area contributed by atoms with Crippen LogP contribution in [-0.4, -0.2) is 130 Å². The molecule has 2 aliphatic heterocycles. The minimum Gasteiger partial charge on any atom is -0.497 e. The zero-order valence-corrected chi connectivity index (χ0v) is 37.2. The Kier molecular flexibility index (Phi) is 18.1. The molecule has 2 fully saturated rings. The molecule has 6 rings (SSSR count). The lowest BCUT2D eigenvalue weighted by atomic mass is 9.55. The number of amides is 2. The summed E-state index contributed by atoms with van der Waals surface area (Å²) in [4.78, 5) is 35.3. The van der Waals surface area contributed by atoms with Crippen LogP contribution in [0, 0.1) is 17.8 Å². The van der Waals surface area contributed by atoms with Crippen LogP contribution in [0.5, 0.6) is 23.0 Å². The summed E-state index contributed by atoms with van der Waals surface area (Å²) in [6.07, 6.45) is 8.71. The number of hydrogen-bond donors (Lipinski definition) is 4. The number of carbonyl (C=O) groups excluding carboxylic acids is 2. The molecule has 1 saturated carbocycles. The second-order valence-corrected chi connectivity index (χ2v) is 16.3. The van der Waals surface area contributed by atoms with Gasteiger partial charge in [-0.25, -0.2) is 9.59 Å². The molecule has 64 heavy (non-hydrogen) atoms. The van der Waals surface area contributed by atoms with Crippen molar-refractivity contribution in [1.29, 1.82) is 0 Å². The molecule has 4 N–H and O–H groups in total. The molecule has 2 aliphatic carbocycles. The average molecular weight is 896 g/mol. The number of nitrogens with one attached hydrogen (secondary N) is 1. The minimum absolute atomic E-state index is 0.0289. The molecule has 2 aromatic carbocycles. The van der Waals surface area contributed by atoms with Gasteiger partial charge in [0.2, 0.25) is 12.1 Å². The Labute approximate surface area is 375 Å². The average Bonchev–Trinajstić information content (AvgIpc) is 3.31. The van der Waals surface area contributed by atoms with Crippen molar-refractivity contribution >= 4 is 23.6 Å². The SMILES string of the molecule is C=CCOC12Oc3ccc(OC(=O)Nc4ccc(OC)cc4OC)cc3C3C(CCCCO)C(CCCCO)C=C(C(=NOC4CCCCO4)CC1N(CCOCCO)C(=O)OC)C32. The molecule has 0 bridgehead atoms. The predicted molar refractivity (Wildman–Crippen MR) is 236 cm³/mol. The fourth-order valence-electron chi connectivity index (χ4n) is 9.59. The first-order valence-corrected chi connectivity index (χ1v) is 22.4. The largest absolute Gasteiger partial charge is 0.497 e. The quantitative estimate of drug-likeness (QED) is 0.0531. The van der Waals surface area contributed by atoms with Crippen LogP contribution in [-0.2, 0) is 23.8 Å². The van der Waals surface area contributed by atoms with Crippen LogP contribution < -0.4 is 24.3 Å². The Morgan fingerprint density at radius 2 is 1.77 bits per heavy atom. The topological polar surface area (TPSA) is 206 Å². The van der Waals surface area contributed by atoms with Gasteiger partial charge in [-0.3, -0.25) is 10.2 Å². The van der Waals surface area contributed by atoms with Gasteiger partial charge >= 0.3 is 12.2 Å². The summed E-state index contributed by atoms with van der Waals surface area (Å²) in [7, 11) is 4.34. The molecule has 1 saturated heterocycles. The molecule has 17 nitrogen and oxygen atoms in total. The van der Waals surface area contributed by atoms with Crippen LogP contribution in [0.2, 0.25) is 0 Å². The van der Waals surface area contributed by atoms with Gasteiger partial charge in [0.15, 0.2) is 0 Å². The second kappa shape index (κ2) is 23.9. The van der Waals surface area contributed by atoms with Gasteiger partial charge in [-0.15, -0.1) is 6.58 Å². The number of methoxy groups -OCH3 is 3. The molecular weight excluding hydrogens is 831 g/mol. The van der Waals surface area contributed by atoms with Crippen molar-refractivity contribution < 1.29 is 67.6 Å². The first-order valence-electron chi connectivity index (χ1n) is 22.4. The lowest BCUT2D eigenvalue weighted by Crippen LogP contribution is -2.70. The molecule has 17 heteroatoms. The van der Waals surface area contributed by atoms with E-state index in [0.717, 1.165) is 36.8 Å². The van der Waals surface area contributed by atoms with E-state index in [1.807, 2.05) is 6.07 Å². The highest BCUT2D eigenvalue weighted by atomic mass is 16.8. The van der Waals surface area contributed by atoms with E-state index >= 15 is 0 Å². The van der Waals surface area contributed by atoms with Crippen LogP contribution in [0.1, 0.15) is 75.7 Å². The van der Waals surface area contributed by atoms with Crippen molar-refractivity contribution in [3.05, 3.63) is 66.3 Å². The number of oxime groups is 1. The first-order chi connectivity index (χ1) is 31.2. The standard InChI is InChI=1S/C47H65N3O14/c1-5-23-61-47-41(50(46(55)58-4)19-25-59-26-22-53)30-38(49-64-42-14-8-11-24-60-42)35-27-31(12-6-9-20-51)34(13-7-10-21-52)43(44(35)47)36-28-33(16-18-39(36)63-47)62-45(54)48-37-17-15-32(56-2)29-40(37)57-3/h5,15-18,27-29,31,34,41-44,51-53H,1,6-14,19-26,30H2,2-4H3,(H,48,54). The summed E-state index contributed by atoms with van der Waals surface area (Å²) < 4.78 is 48.0. The number of aliphatic hydroxyl groups is 3. The summed E-state index contributed by atoms with van der Waals surface area (Å²) in [6, 6.07) is 9.36. The van der Waals surface area contributed by atoms with Crippen LogP contribution in [0.25, 0.3) is 0 Å². The third-order valence-corrected chi connectivity index (χ3v) is 12.4. The Morgan fingerprint density at radius 3 is 2.47 bits per heavy atom. The van der Waals surface area contributed by atoms with Crippen molar-refractivity contribution in [2.45, 2.75) is 88.2 Å². The smallest absolute Gasteiger partial charge is 0.417 e. The number of anilines is 1. The molecular formula is C47H65N3O14. The highest BCUT2D eigenvalue weighted by molar-refractivity contribution is 6.03. The Hall–Kier alpha value is -4.91. The van der Waals surface area contributed by atoms with Gasteiger partial charge in [0.05, 0.1) is 71.7 Å². The maximum Gasteiger partial charge on any atom is 0.417 e. The summed E-state index contributed by atoms with van der Waals surface area (Å²) in [5.41, 5.74) is 2.56. The van der Waals surface area contributed by atoms with Crippen LogP contribution in [0.4, 0.5) is 15.3 Å². The molecule has 7 atom stereocenters. The maximum absolute atomic E-state index is 14.0. The number of hydrogen-bond acceptors (Lipinski definition) is 15. The van der Waals surface area contributed by atoms with E-state index in [4.69, 9.17) is 47.9 Å². The van der Waals surface area contributed by atoms with Crippen LogP contribution in [0.15, 0.2) is 65.9 Å². The lowest BCUT2D eigenvalue weighted by Gasteiger charge is -2.59. The Morgan fingerprint density at radius 1 is 0.969 bits per heavy atom. The molecule has 0 spiro atoms. The molecule has 4 aliphatic rings. The summed E-state index contributed by atoms with van der Waals surface area (Å²) in [5, 5.41) is 37.0. The fourth-order valence-corrected chi connectivity index (χ4v) is 9.59. The van der Waals surface area contributed by atoms with Crippen molar-refractivity contribution in [1.82, 2.24) is 4.90 Å². The van der Waals surface area contributed by atoms with Gasteiger partial charge in [0.1, 0.15) is 29.0 Å². The molecule has 0 radical (unpaired) electrons. The fraction of sp³-hybridized carbons (Fsp3) is 0.596. The molecule has 0 aromatic heterocycles. The number of nitrogens with zero attached hydrogens (tertiary/aromatic N) is 2. The number of allylic oxidation sites excluding steroid dienone is 1. The zero-order chi connectivity index (χ0) is 45.5. The van der Waals surface area contributed by atoms with Gasteiger partial charge in [-0.1, -0.05) is 30.1 Å². The number of aliphatic hydroxyl groups excluding tert-OH is 3. The Balaban J connectivity index is 1.52. The summed E-state index contributed by atoms with van der Waals surface area (Å²) >= 11 is 0. The number of fused-ring (bicyclic) bond motifs is 2. The highest BCUT2D eigenvalue weighted by Gasteiger charge is 2.65. The van der Waals surface area contributed by atoms with Crippen molar-refractivity contribution in [3.63, 3.8) is 0 Å². The van der Waals surface area contributed by atoms with Crippen molar-refractivity contribution in [3.8, 4) is 23.0 Å². The van der Waals surface area contributed by atoms with E-state index in [2.05, 4.69) is 18.0 Å². The zero-order valence-electron chi connectivity index (χ0n) is 37.2. The number of rotatable bonds is 23. The van der Waals surface area contributed by atoms with Crippen LogP contribution >= 0.6 is 0 Å². The maximum atomic E-state index is 14.0.